The minimum atomic E-state index is -0.978. The van der Waals surface area contributed by atoms with Crippen LogP contribution in [0.3, 0.4) is 0 Å². The van der Waals surface area contributed by atoms with Gasteiger partial charge >= 0.3 is 17.6 Å². The van der Waals surface area contributed by atoms with Crippen molar-refractivity contribution >= 4 is 158 Å². The molecule has 3 aromatic heterocycles. The molecule has 0 radical (unpaired) electrons. The van der Waals surface area contributed by atoms with Crippen LogP contribution < -0.4 is 9.47 Å². The summed E-state index contributed by atoms with van der Waals surface area (Å²) < 4.78 is 144. The second-order valence-electron chi connectivity index (χ2n) is 27.0. The number of fused-ring (bicyclic) bond motifs is 3. The highest BCUT2D eigenvalue weighted by Crippen LogP contribution is 2.50. The Morgan fingerprint density at radius 1 is 0.388 bits per heavy atom. The van der Waals surface area contributed by atoms with Gasteiger partial charge in [0.2, 0.25) is 0 Å². The molecule has 3 heterocycles. The lowest BCUT2D eigenvalue weighted by molar-refractivity contribution is -0.385. The average molecular weight is 2000 g/mol. The third-order valence-corrected chi connectivity index (χ3v) is 31.8. The predicted octanol–water partition coefficient (Wildman–Crippen LogP) is 20.6. The Morgan fingerprint density at radius 3 is 0.918 bits per heavy atom. The first-order valence-corrected chi connectivity index (χ1v) is 49.6. The number of ether oxygens (including phenoxy) is 4. The third kappa shape index (κ3) is 33.2. The van der Waals surface area contributed by atoms with Gasteiger partial charge in [0.05, 0.1) is 49.6 Å². The summed E-state index contributed by atoms with van der Waals surface area (Å²) in [5.41, 5.74) is 5.46. The Morgan fingerprint density at radius 2 is 0.657 bits per heavy atom. The highest BCUT2D eigenvalue weighted by atomic mass is 35.5. The number of esters is 1. The van der Waals surface area contributed by atoms with Crippen LogP contribution in [-0.4, -0.2) is 65.8 Å². The number of nitro groups is 2. The third-order valence-electron chi connectivity index (χ3n) is 18.4. The second-order valence-corrected chi connectivity index (χ2v) is 39.7. The lowest BCUT2D eigenvalue weighted by Gasteiger charge is -2.35. The fourth-order valence-electron chi connectivity index (χ4n) is 12.8. The number of halogens is 10. The van der Waals surface area contributed by atoms with Gasteiger partial charge in [-0.15, -0.1) is 0 Å². The Labute approximate surface area is 797 Å². The van der Waals surface area contributed by atoms with Crippen LogP contribution in [0.15, 0.2) is 158 Å². The Balaban J connectivity index is 0.000000201. The van der Waals surface area contributed by atoms with Crippen molar-refractivity contribution in [2.24, 2.45) is 0 Å². The molecule has 36 heteroatoms. The molecule has 134 heavy (non-hydrogen) atoms. The minimum Gasteiger partial charge on any atom is -0.463 e. The zero-order valence-electron chi connectivity index (χ0n) is 70.0. The van der Waals surface area contributed by atoms with E-state index >= 15 is 0 Å². The summed E-state index contributed by atoms with van der Waals surface area (Å²) in [4.78, 5) is 62.3. The highest BCUT2D eigenvalue weighted by Gasteiger charge is 2.39. The van der Waals surface area contributed by atoms with Gasteiger partial charge < -0.3 is 39.0 Å². The molecule has 0 aliphatic heterocycles. The van der Waals surface area contributed by atoms with E-state index < -0.39 is 68.3 Å². The molecule has 8 aromatic carbocycles. The van der Waals surface area contributed by atoms with E-state index in [-0.39, 0.29) is 87.0 Å². The number of carbonyl (C=O) groups is 3. The second kappa shape index (κ2) is 55.1. The molecule has 3 aliphatic rings. The van der Waals surface area contributed by atoms with Crippen LogP contribution in [0, 0.1) is 215 Å². The van der Waals surface area contributed by atoms with E-state index in [2.05, 4.69) is 184 Å². The first-order chi connectivity index (χ1) is 64.6. The minimum absolute atomic E-state index is 0.00523. The predicted molar refractivity (Wildman–Crippen MR) is 520 cm³/mol. The fraction of sp³-hybridized carbons (Fsp3) is 0.173. The van der Waals surface area contributed by atoms with E-state index in [0.29, 0.717) is 94.0 Å². The molecule has 3 fully saturated rings. The maximum absolute atomic E-state index is 14.5. The normalized spacial score (nSPS) is 13.9. The molecular weight excluding hydrogens is 1930 g/mol. The molecule has 0 spiro atoms. The van der Waals surface area contributed by atoms with Crippen molar-refractivity contribution < 1.29 is 87.8 Å². The summed E-state index contributed by atoms with van der Waals surface area (Å²) in [6.07, 6.45) is 1.01. The van der Waals surface area contributed by atoms with Gasteiger partial charge in [-0.25, -0.2) is 49.1 Å². The van der Waals surface area contributed by atoms with Crippen molar-refractivity contribution in [3.8, 4) is 187 Å². The molecule has 4 N–H and O–H groups in total. The van der Waals surface area contributed by atoms with E-state index in [1.165, 1.54) is 128 Å². The molecule has 11 aromatic rings. The number of nitrogens with one attached hydrogen (secondary N) is 3. The quantitative estimate of drug-likeness (QED) is 0.0169. The van der Waals surface area contributed by atoms with Gasteiger partial charge in [0, 0.05) is 162 Å². The van der Waals surface area contributed by atoms with Crippen LogP contribution in [0.5, 0.6) is 11.5 Å². The largest absolute Gasteiger partial charge is 0.514 e. The molecule has 0 unspecified atom stereocenters. The van der Waals surface area contributed by atoms with E-state index in [0.717, 1.165) is 29.3 Å². The monoisotopic (exact) mass is 2000 g/mol. The zero-order valence-corrected chi connectivity index (χ0v) is 78.1. The molecule has 14 rings (SSSR count). The number of nitro benzene ring substituents is 2. The Bertz CT molecular complexity index is 7360. The zero-order chi connectivity index (χ0) is 97.0. The molecule has 3 aliphatic carbocycles. The summed E-state index contributed by atoms with van der Waals surface area (Å²) in [5.74, 6) is 55.7. The van der Waals surface area contributed by atoms with Gasteiger partial charge in [-0.3, -0.25) is 25.0 Å². The van der Waals surface area contributed by atoms with Gasteiger partial charge in [0.1, 0.15) is 76.1 Å². The number of aliphatic hydroxyl groups excluding tert-OH is 1. The number of hydrogen-bond donors (Lipinski definition) is 4. The standard InChI is InChI=1S/C25H17F3N2O5.C20H16F3NO2.C18H14F3NO.C16H6.C12H6.C7H4ClNO4.S9/c26-15-3-1-13(2-4-15)23-22(20-11-16(27)12-21(28)24(20)29-23)14-9-19(10-14)35-25(31)34-18-7-5-17(6-8-18)30(32)33;1-10(25)26-15-6-12(7-15)18-16-8-14(22)9-17(23)20(16)24-19(18)11-2-4-13(21)5-3-11;19-11-3-1-9(2-4-11)17-16(10-5-13(23)6-10)14-7-12(20)8-15(21)18(14)22-17;1-3-5-7-9-11-13-15-16-14-12-10-8-6-4-2;1-3-5-7-9-11-12-10-8-6-4-2;8-7(10)13-6-3-1-5(2-4-6)9(11)12;1-3-5-7-9-8-6-4-2/h1-8,11-12,14,19,29H,9-10H2;2-5,8-9,12,15,24H,6-7H2,1H3;1-4,7-8,10,13,22-23H,5-6H2;1-2H3;1-2H3;1-4H;. The molecule has 676 valence electrons. The Kier molecular flexibility index (Phi) is 43.2. The Hall–Kier alpha value is -14.3. The lowest BCUT2D eigenvalue weighted by atomic mass is 9.75. The van der Waals surface area contributed by atoms with E-state index in [9.17, 15) is 79.2 Å². The first-order valence-electron chi connectivity index (χ1n) is 38.6. The van der Waals surface area contributed by atoms with Crippen LogP contribution in [0.4, 0.5) is 60.5 Å². The molecule has 17 nitrogen and oxygen atoms in total. The number of hydrogen-bond acceptors (Lipinski definition) is 14. The van der Waals surface area contributed by atoms with E-state index in [1.807, 2.05) is 0 Å². The summed E-state index contributed by atoms with van der Waals surface area (Å²) in [6.45, 7) is 8.22. The van der Waals surface area contributed by atoms with Crippen molar-refractivity contribution in [3.63, 3.8) is 0 Å². The summed E-state index contributed by atoms with van der Waals surface area (Å²) in [6, 6.07) is 33.7. The number of aromatic nitrogens is 3. The van der Waals surface area contributed by atoms with Gasteiger partial charge in [-0.2, -0.15) is 0 Å². The highest BCUT2D eigenvalue weighted by molar-refractivity contribution is 8.72. The smallest absolute Gasteiger partial charge is 0.463 e. The van der Waals surface area contributed by atoms with Crippen molar-refractivity contribution in [2.75, 3.05) is 0 Å². The van der Waals surface area contributed by atoms with Crippen LogP contribution in [-0.2, 0) is 98.8 Å². The number of H-pyrrole nitrogens is 3. The van der Waals surface area contributed by atoms with Gasteiger partial charge in [0.15, 0.2) is 0 Å². The number of benzene rings is 8. The lowest BCUT2D eigenvalue weighted by Crippen LogP contribution is -2.33. The van der Waals surface area contributed by atoms with Gasteiger partial charge in [0.25, 0.3) is 11.4 Å². The summed E-state index contributed by atoms with van der Waals surface area (Å²) in [5, 5.41) is 31.8. The first kappa shape index (κ1) is 105. The van der Waals surface area contributed by atoms with E-state index in [1.54, 1.807) is 108 Å². The molecule has 0 saturated heterocycles. The number of nitrogens with zero attached hydrogens (tertiary/aromatic N) is 2. The number of non-ortho nitro benzene ring substituents is 2. The van der Waals surface area contributed by atoms with Crippen molar-refractivity contribution in [1.29, 1.82) is 0 Å². The summed E-state index contributed by atoms with van der Waals surface area (Å²) >= 11 is 14.2. The molecule has 0 atom stereocenters. The van der Waals surface area contributed by atoms with Crippen LogP contribution in [0.25, 0.3) is 66.5 Å². The van der Waals surface area contributed by atoms with Crippen molar-refractivity contribution in [3.05, 3.63) is 247 Å². The van der Waals surface area contributed by atoms with Gasteiger partial charge in [-0.1, -0.05) is 23.7 Å². The SMILES string of the molecule is CC#CC#CC#CC#CC#CC.CC#CC#CC#CC#CC#CC#CC#CC.CC(=O)OC1CC(c2c(-c3ccc(F)cc3)[nH]c3c(F)cc(F)cc23)C1.O=C(Cl)Oc1ccc([N+](=O)[O-])cc1.O=C(Oc1ccc([N+](=O)[O-])cc1)OC1CC(c2c(-c3ccc(F)cc3)[nH]c3c(F)cc(F)cc23)C1.OC1CC(c2c(-c3ccc(F)cc3)[nH]c3c(F)cc(F)cc23)C1.S=S=S=S=S=S=S=S=S. The van der Waals surface area contributed by atoms with Crippen molar-refractivity contribution in [1.82, 2.24) is 15.0 Å². The molecule has 0 bridgehead atoms. The van der Waals surface area contributed by atoms with Crippen LogP contribution in [0.1, 0.15) is 108 Å². The van der Waals surface area contributed by atoms with Crippen molar-refractivity contribution in [2.45, 2.75) is 109 Å². The fourth-order valence-corrected chi connectivity index (χ4v) is 26.6. The number of aliphatic hydroxyl groups is 1. The van der Waals surface area contributed by atoms with E-state index in [4.69, 9.17) is 25.8 Å². The van der Waals surface area contributed by atoms with Crippen LogP contribution in [0.2, 0.25) is 0 Å². The maximum Gasteiger partial charge on any atom is 0.514 e. The molecule has 0 amide bonds. The number of aromatic amines is 3. The average Bonchev–Trinajstić information content (AvgIpc) is 1.60. The molecular formula is C98H63ClF9N5O12S9. The van der Waals surface area contributed by atoms with Crippen LogP contribution >= 0.6 is 11.6 Å². The maximum atomic E-state index is 14.5. The number of rotatable bonds is 12. The molecule has 3 saturated carbocycles. The van der Waals surface area contributed by atoms with Gasteiger partial charge in [-0.05, 0) is 351 Å². The topological polar surface area (TPSA) is 242 Å². The summed E-state index contributed by atoms with van der Waals surface area (Å²) in [7, 11) is 10.9. The number of carbonyl (C=O) groups excluding carboxylic acids is 3.